The zero-order valence-corrected chi connectivity index (χ0v) is 37.9. The number of anilines is 2. The van der Waals surface area contributed by atoms with E-state index in [1.807, 2.05) is 12.2 Å². The maximum Gasteiger partial charge on any atom is 0.185 e. The summed E-state index contributed by atoms with van der Waals surface area (Å²) in [6.07, 6.45) is 5.44. The Labute approximate surface area is 370 Å². The molecule has 0 unspecified atom stereocenters. The van der Waals surface area contributed by atoms with Crippen molar-refractivity contribution in [2.45, 2.75) is 12.8 Å². The van der Waals surface area contributed by atoms with E-state index in [1.165, 1.54) is 0 Å². The summed E-state index contributed by atoms with van der Waals surface area (Å²) in [6.45, 7) is 13.6. The largest absolute Gasteiger partial charge is 0.382 e. The first-order valence-corrected chi connectivity index (χ1v) is 21.8. The van der Waals surface area contributed by atoms with Crippen LogP contribution >= 0.6 is 0 Å². The molecule has 0 atom stereocenters. The zero-order chi connectivity index (χ0) is 44.1. The van der Waals surface area contributed by atoms with Crippen LogP contribution in [-0.4, -0.2) is 193 Å². The predicted octanol–water partition coefficient (Wildman–Crippen LogP) is 4.85. The number of carbonyl (C=O) groups is 1. The van der Waals surface area contributed by atoms with Crippen LogP contribution in [0.2, 0.25) is 0 Å². The summed E-state index contributed by atoms with van der Waals surface area (Å²) < 4.78 is 65.5. The Kier molecular flexibility index (Phi) is 30.9. The highest BCUT2D eigenvalue weighted by Gasteiger charge is 2.23. The van der Waals surface area contributed by atoms with E-state index >= 15 is 0 Å². The summed E-state index contributed by atoms with van der Waals surface area (Å²) in [4.78, 5) is 18.1. The Hall–Kier alpha value is -3.29. The lowest BCUT2D eigenvalue weighted by Gasteiger charge is -2.25. The van der Waals surface area contributed by atoms with E-state index in [0.29, 0.717) is 171 Å². The number of Topliss-reactive ketones (excluding diaryl/α,β-unsaturated/α-hetero) is 1. The Balaban J connectivity index is 1.56. The number of hydrogen-bond donors (Lipinski definition) is 0. The first-order valence-electron chi connectivity index (χ1n) is 21.8. The molecule has 0 spiro atoms. The van der Waals surface area contributed by atoms with Crippen LogP contribution in [0.3, 0.4) is 0 Å². The van der Waals surface area contributed by atoms with Crippen molar-refractivity contribution in [1.82, 2.24) is 0 Å². The number of methoxy groups -OCH3 is 4. The molecule has 2 aromatic carbocycles. The molecule has 0 bridgehead atoms. The Bertz CT molecular complexity index is 1310. The van der Waals surface area contributed by atoms with Crippen LogP contribution in [0, 0.1) is 0 Å². The second-order valence-corrected chi connectivity index (χ2v) is 14.2. The number of carbonyl (C=O) groups excluding carboxylic acids is 1. The maximum atomic E-state index is 13.6. The third-order valence-corrected chi connectivity index (χ3v) is 9.68. The number of rotatable bonds is 40. The number of nitrogens with zero attached hydrogens (tertiary/aromatic N) is 2. The van der Waals surface area contributed by atoms with Gasteiger partial charge in [0.1, 0.15) is 0 Å². The van der Waals surface area contributed by atoms with Gasteiger partial charge in [-0.3, -0.25) is 4.79 Å². The lowest BCUT2D eigenvalue weighted by atomic mass is 10.1. The molecule has 0 aromatic heterocycles. The van der Waals surface area contributed by atoms with E-state index in [4.69, 9.17) is 56.8 Å². The van der Waals surface area contributed by atoms with Crippen molar-refractivity contribution in [3.63, 3.8) is 0 Å². The molecule has 3 rings (SSSR count). The number of hydrogen-bond acceptors (Lipinski definition) is 15. The van der Waals surface area contributed by atoms with E-state index in [1.54, 1.807) is 28.4 Å². The normalized spacial score (nSPS) is 14.2. The van der Waals surface area contributed by atoms with Gasteiger partial charge < -0.3 is 66.6 Å². The first-order chi connectivity index (χ1) is 30.6. The highest BCUT2D eigenvalue weighted by molar-refractivity contribution is 6.15. The van der Waals surface area contributed by atoms with Crippen molar-refractivity contribution in [3.05, 3.63) is 70.8 Å². The summed E-state index contributed by atoms with van der Waals surface area (Å²) in [6, 6.07) is 16.6. The molecule has 1 saturated carbocycles. The monoisotopic (exact) mass is 875 g/mol. The smallest absolute Gasteiger partial charge is 0.185 e. The quantitative estimate of drug-likeness (QED) is 0.0667. The molecule has 0 saturated heterocycles. The van der Waals surface area contributed by atoms with E-state index in [9.17, 15) is 4.79 Å². The average molecular weight is 875 g/mol. The third-order valence-electron chi connectivity index (χ3n) is 9.68. The van der Waals surface area contributed by atoms with Gasteiger partial charge >= 0.3 is 0 Å². The molecule has 2 aromatic rings. The molecule has 15 heteroatoms. The highest BCUT2D eigenvalue weighted by Crippen LogP contribution is 2.30. The van der Waals surface area contributed by atoms with Crippen molar-refractivity contribution >= 4 is 29.3 Å². The van der Waals surface area contributed by atoms with Gasteiger partial charge in [0, 0.05) is 77.1 Å². The summed E-state index contributed by atoms with van der Waals surface area (Å²) in [5, 5.41) is 0. The minimum atomic E-state index is 0.0970. The van der Waals surface area contributed by atoms with Crippen LogP contribution in [0.4, 0.5) is 11.4 Å². The van der Waals surface area contributed by atoms with Crippen molar-refractivity contribution in [3.8, 4) is 0 Å². The van der Waals surface area contributed by atoms with Crippen LogP contribution in [-0.2, 0) is 61.6 Å². The van der Waals surface area contributed by atoms with Crippen molar-refractivity contribution in [2.75, 3.05) is 197 Å². The fourth-order valence-corrected chi connectivity index (χ4v) is 6.24. The second kappa shape index (κ2) is 36.1. The van der Waals surface area contributed by atoms with Gasteiger partial charge in [0.15, 0.2) is 5.78 Å². The topological polar surface area (TPSA) is 134 Å². The molecule has 0 aliphatic heterocycles. The molecule has 0 amide bonds. The molecule has 62 heavy (non-hydrogen) atoms. The fourth-order valence-electron chi connectivity index (χ4n) is 6.24. The molecular weight excluding hydrogens is 801 g/mol. The summed E-state index contributed by atoms with van der Waals surface area (Å²) in [7, 11) is 6.62. The van der Waals surface area contributed by atoms with Crippen LogP contribution in [0.25, 0.3) is 12.2 Å². The van der Waals surface area contributed by atoms with Crippen LogP contribution in [0.1, 0.15) is 24.0 Å². The van der Waals surface area contributed by atoms with E-state index < -0.39 is 0 Å². The zero-order valence-electron chi connectivity index (χ0n) is 37.9. The SMILES string of the molecule is COCCOCCOCCN(CCOCCOCCOC)c1ccc(/C=C2\CC/C(=C\c3ccc(N(CCOCCOCCOC)CCOCCOCCOC)cc3)C2=O)cc1. The van der Waals surface area contributed by atoms with Gasteiger partial charge in [-0.15, -0.1) is 0 Å². The van der Waals surface area contributed by atoms with Gasteiger partial charge in [-0.05, 0) is 60.4 Å². The molecule has 0 N–H and O–H groups in total. The van der Waals surface area contributed by atoms with Gasteiger partial charge in [0.25, 0.3) is 0 Å². The Morgan fingerprint density at radius 3 is 0.871 bits per heavy atom. The molecule has 1 fully saturated rings. The van der Waals surface area contributed by atoms with Gasteiger partial charge in [0.05, 0.1) is 132 Å². The lowest BCUT2D eigenvalue weighted by Crippen LogP contribution is -2.31. The molecule has 0 radical (unpaired) electrons. The molecule has 15 nitrogen and oxygen atoms in total. The molecule has 1 aliphatic rings. The number of ketones is 1. The highest BCUT2D eigenvalue weighted by atomic mass is 16.6. The minimum absolute atomic E-state index is 0.0970. The number of benzene rings is 2. The fraction of sp³-hybridized carbons (Fsp3) is 0.638. The lowest BCUT2D eigenvalue weighted by molar-refractivity contribution is -0.111. The predicted molar refractivity (Wildman–Crippen MR) is 242 cm³/mol. The molecule has 1 aliphatic carbocycles. The van der Waals surface area contributed by atoms with Crippen molar-refractivity contribution in [2.24, 2.45) is 0 Å². The molecule has 0 heterocycles. The third kappa shape index (κ3) is 24.0. The first kappa shape index (κ1) is 53.1. The minimum Gasteiger partial charge on any atom is -0.382 e. The summed E-state index contributed by atoms with van der Waals surface area (Å²) >= 11 is 0. The van der Waals surface area contributed by atoms with Gasteiger partial charge in [-0.2, -0.15) is 0 Å². The van der Waals surface area contributed by atoms with Crippen molar-refractivity contribution < 1.29 is 61.6 Å². The Morgan fingerprint density at radius 1 is 0.371 bits per heavy atom. The standard InChI is InChI=1S/C47H74N2O13/c1-51-23-27-59-35-31-55-19-15-48(16-20-56-32-36-60-28-24-52-2)45-11-5-41(6-12-45)39-43-9-10-44(47(43)50)40-42-7-13-46(14-8-42)49(17-21-57-33-37-61-29-25-53-3)18-22-58-34-38-62-30-26-54-4/h5-8,11-14,39-40H,9-10,15-38H2,1-4H3/b43-39+,44-40+. The summed E-state index contributed by atoms with van der Waals surface area (Å²) in [5.74, 6) is 0.0970. The molecular formula is C47H74N2O13. The van der Waals surface area contributed by atoms with Gasteiger partial charge in [-0.25, -0.2) is 0 Å². The van der Waals surface area contributed by atoms with Crippen LogP contribution in [0.15, 0.2) is 59.7 Å². The molecule has 350 valence electrons. The van der Waals surface area contributed by atoms with Crippen LogP contribution in [0.5, 0.6) is 0 Å². The van der Waals surface area contributed by atoms with Gasteiger partial charge in [0.2, 0.25) is 0 Å². The average Bonchev–Trinajstić information content (AvgIpc) is 3.63. The number of ether oxygens (including phenoxy) is 12. The van der Waals surface area contributed by atoms with Gasteiger partial charge in [-0.1, -0.05) is 24.3 Å². The maximum absolute atomic E-state index is 13.6. The summed E-state index contributed by atoms with van der Waals surface area (Å²) in [5.41, 5.74) is 5.72. The van der Waals surface area contributed by atoms with Crippen molar-refractivity contribution in [1.29, 1.82) is 0 Å². The Morgan fingerprint density at radius 2 is 0.613 bits per heavy atom. The second-order valence-electron chi connectivity index (χ2n) is 14.2. The van der Waals surface area contributed by atoms with Crippen LogP contribution < -0.4 is 9.80 Å². The van der Waals surface area contributed by atoms with E-state index in [0.717, 1.165) is 33.6 Å². The number of allylic oxidation sites excluding steroid dienone is 2. The van der Waals surface area contributed by atoms with E-state index in [-0.39, 0.29) is 5.78 Å². The van der Waals surface area contributed by atoms with E-state index in [2.05, 4.69) is 58.3 Å².